The highest BCUT2D eigenvalue weighted by Crippen LogP contribution is 2.22. The molecule has 116 valence electrons. The zero-order valence-corrected chi connectivity index (χ0v) is 13.5. The van der Waals surface area contributed by atoms with Gasteiger partial charge >= 0.3 is 0 Å². The Morgan fingerprint density at radius 1 is 1.48 bits per heavy atom. The standard InChI is InChI=1S/C13H20N4O2S2/c1-2-21(18,19)12-10-20-9-8-17(12)13(16-14)15-11-6-4-3-5-7-11/h3-7,12H,2,8-10,14H2,1H3,(H,15,16). The summed E-state index contributed by atoms with van der Waals surface area (Å²) in [6.45, 7) is 2.26. The largest absolute Gasteiger partial charge is 0.323 e. The molecule has 0 aliphatic carbocycles. The van der Waals surface area contributed by atoms with Crippen LogP contribution in [-0.4, -0.2) is 48.5 Å². The topological polar surface area (TPSA) is 87.8 Å². The van der Waals surface area contributed by atoms with Crippen molar-refractivity contribution >= 4 is 33.2 Å². The number of nitrogens with one attached hydrogen (secondary N) is 1. The number of nitrogens with two attached hydrogens (primary N) is 1. The quantitative estimate of drug-likeness (QED) is 0.372. The van der Waals surface area contributed by atoms with Crippen LogP contribution in [0.3, 0.4) is 0 Å². The van der Waals surface area contributed by atoms with Crippen LogP contribution < -0.4 is 11.3 Å². The molecule has 3 N–H and O–H groups in total. The number of hydrogen-bond acceptors (Lipinski definition) is 5. The number of thioether (sulfide) groups is 1. The van der Waals surface area contributed by atoms with E-state index in [4.69, 9.17) is 5.84 Å². The average molecular weight is 328 g/mol. The number of aliphatic imine (C=N–C) groups is 1. The maximum absolute atomic E-state index is 12.3. The molecule has 1 unspecified atom stereocenters. The van der Waals surface area contributed by atoms with E-state index in [0.29, 0.717) is 18.3 Å². The van der Waals surface area contributed by atoms with Crippen molar-refractivity contribution in [3.63, 3.8) is 0 Å². The number of nitrogens with zero attached hydrogens (tertiary/aromatic N) is 2. The first-order chi connectivity index (χ1) is 10.1. The van der Waals surface area contributed by atoms with Gasteiger partial charge < -0.3 is 4.90 Å². The minimum Gasteiger partial charge on any atom is -0.323 e. The molecule has 1 atom stereocenters. The Morgan fingerprint density at radius 3 is 2.81 bits per heavy atom. The van der Waals surface area contributed by atoms with E-state index in [-0.39, 0.29) is 5.75 Å². The highest BCUT2D eigenvalue weighted by molar-refractivity contribution is 8.01. The fourth-order valence-electron chi connectivity index (χ4n) is 2.12. The maximum Gasteiger partial charge on any atom is 0.214 e. The predicted molar refractivity (Wildman–Crippen MR) is 88.1 cm³/mol. The molecule has 1 fully saturated rings. The lowest BCUT2D eigenvalue weighted by atomic mass is 10.3. The molecular weight excluding hydrogens is 308 g/mol. The summed E-state index contributed by atoms with van der Waals surface area (Å²) in [5, 5.41) is -0.584. The van der Waals surface area contributed by atoms with E-state index in [0.717, 1.165) is 11.4 Å². The molecule has 0 aromatic heterocycles. The third kappa shape index (κ3) is 3.90. The van der Waals surface area contributed by atoms with Crippen LogP contribution in [0.5, 0.6) is 0 Å². The highest BCUT2D eigenvalue weighted by Gasteiger charge is 2.34. The van der Waals surface area contributed by atoms with E-state index in [9.17, 15) is 8.42 Å². The number of hydrogen-bond donors (Lipinski definition) is 2. The number of para-hydroxylation sites is 1. The highest BCUT2D eigenvalue weighted by atomic mass is 32.2. The van der Waals surface area contributed by atoms with Crippen LogP contribution in [0.2, 0.25) is 0 Å². The molecule has 0 saturated carbocycles. The molecule has 1 aliphatic rings. The van der Waals surface area contributed by atoms with Crippen molar-refractivity contribution in [2.24, 2.45) is 10.8 Å². The Morgan fingerprint density at radius 2 is 2.19 bits per heavy atom. The molecule has 1 heterocycles. The summed E-state index contributed by atoms with van der Waals surface area (Å²) in [4.78, 5) is 6.18. The van der Waals surface area contributed by atoms with Gasteiger partial charge in [0.05, 0.1) is 5.69 Å². The molecule has 6 nitrogen and oxygen atoms in total. The van der Waals surface area contributed by atoms with Gasteiger partial charge in [0.2, 0.25) is 5.96 Å². The predicted octanol–water partition coefficient (Wildman–Crippen LogP) is 0.947. The molecule has 0 spiro atoms. The Labute approximate surface area is 129 Å². The molecule has 1 aliphatic heterocycles. The molecule has 2 rings (SSSR count). The molecule has 1 aromatic carbocycles. The number of benzene rings is 1. The van der Waals surface area contributed by atoms with Crippen LogP contribution in [0.15, 0.2) is 35.3 Å². The number of rotatable bonds is 3. The summed E-state index contributed by atoms with van der Waals surface area (Å²) in [5.41, 5.74) is 3.28. The third-order valence-corrected chi connectivity index (χ3v) is 6.58. The molecule has 0 bridgehead atoms. The molecule has 8 heteroatoms. The minimum atomic E-state index is -3.19. The van der Waals surface area contributed by atoms with E-state index >= 15 is 0 Å². The summed E-state index contributed by atoms with van der Waals surface area (Å²) in [7, 11) is -3.19. The van der Waals surface area contributed by atoms with Gasteiger partial charge in [-0.25, -0.2) is 19.3 Å². The van der Waals surface area contributed by atoms with Gasteiger partial charge in [-0.3, -0.25) is 5.43 Å². The van der Waals surface area contributed by atoms with Crippen LogP contribution in [0, 0.1) is 0 Å². The van der Waals surface area contributed by atoms with Crippen LogP contribution in [0.25, 0.3) is 0 Å². The lowest BCUT2D eigenvalue weighted by Crippen LogP contribution is -2.56. The smallest absolute Gasteiger partial charge is 0.214 e. The third-order valence-electron chi connectivity index (χ3n) is 3.29. The number of sulfone groups is 1. The monoisotopic (exact) mass is 328 g/mol. The Bertz CT molecular complexity index is 589. The van der Waals surface area contributed by atoms with Gasteiger partial charge in [0.25, 0.3) is 0 Å². The van der Waals surface area contributed by atoms with Gasteiger partial charge in [-0.05, 0) is 12.1 Å². The van der Waals surface area contributed by atoms with E-state index < -0.39 is 15.2 Å². The second-order valence-electron chi connectivity index (χ2n) is 4.59. The van der Waals surface area contributed by atoms with Crippen molar-refractivity contribution in [2.45, 2.75) is 12.3 Å². The Kier molecular flexibility index (Phi) is 5.49. The zero-order valence-electron chi connectivity index (χ0n) is 11.9. The van der Waals surface area contributed by atoms with Crippen LogP contribution in [0.1, 0.15) is 6.92 Å². The van der Waals surface area contributed by atoms with E-state index in [1.54, 1.807) is 23.6 Å². The van der Waals surface area contributed by atoms with Crippen LogP contribution >= 0.6 is 11.8 Å². The Hall–Kier alpha value is -1.25. The molecule has 21 heavy (non-hydrogen) atoms. The molecule has 0 amide bonds. The summed E-state index contributed by atoms with van der Waals surface area (Å²) < 4.78 is 24.5. The second-order valence-corrected chi connectivity index (χ2v) is 8.19. The van der Waals surface area contributed by atoms with E-state index in [1.165, 1.54) is 0 Å². The van der Waals surface area contributed by atoms with Gasteiger partial charge in [0, 0.05) is 23.8 Å². The lowest BCUT2D eigenvalue weighted by molar-refractivity contribution is 0.396. The van der Waals surface area contributed by atoms with Gasteiger partial charge in [0.15, 0.2) is 9.84 Å². The van der Waals surface area contributed by atoms with Crippen LogP contribution in [0.4, 0.5) is 5.69 Å². The van der Waals surface area contributed by atoms with Crippen LogP contribution in [-0.2, 0) is 9.84 Å². The van der Waals surface area contributed by atoms with E-state index in [2.05, 4.69) is 10.4 Å². The molecule has 1 saturated heterocycles. The zero-order chi connectivity index (χ0) is 15.3. The fourth-order valence-corrected chi connectivity index (χ4v) is 5.09. The SMILES string of the molecule is CCS(=O)(=O)C1CSCCN1C(=Nc1ccccc1)NN. The second kappa shape index (κ2) is 7.15. The van der Waals surface area contributed by atoms with Crippen molar-refractivity contribution in [2.75, 3.05) is 23.8 Å². The summed E-state index contributed by atoms with van der Waals surface area (Å²) in [6, 6.07) is 9.34. The van der Waals surface area contributed by atoms with Gasteiger partial charge in [0.1, 0.15) is 5.37 Å². The Balaban J connectivity index is 2.32. The molecular formula is C13H20N4O2S2. The summed E-state index contributed by atoms with van der Waals surface area (Å²) in [5.74, 6) is 7.46. The number of hydrazine groups is 1. The van der Waals surface area contributed by atoms with Crippen molar-refractivity contribution in [1.29, 1.82) is 0 Å². The lowest BCUT2D eigenvalue weighted by Gasteiger charge is -2.36. The van der Waals surface area contributed by atoms with Crippen molar-refractivity contribution < 1.29 is 8.42 Å². The van der Waals surface area contributed by atoms with E-state index in [1.807, 2.05) is 30.3 Å². The molecule has 0 radical (unpaired) electrons. The number of guanidine groups is 1. The van der Waals surface area contributed by atoms with Gasteiger partial charge in [-0.1, -0.05) is 25.1 Å². The van der Waals surface area contributed by atoms with Crippen molar-refractivity contribution in [3.05, 3.63) is 30.3 Å². The molecule has 1 aromatic rings. The minimum absolute atomic E-state index is 0.109. The average Bonchev–Trinajstić information content (AvgIpc) is 2.53. The van der Waals surface area contributed by atoms with Crippen molar-refractivity contribution in [1.82, 2.24) is 10.3 Å². The normalized spacial score (nSPS) is 20.4. The maximum atomic E-state index is 12.3. The first-order valence-electron chi connectivity index (χ1n) is 6.75. The summed E-state index contributed by atoms with van der Waals surface area (Å²) >= 11 is 1.64. The first kappa shape index (κ1) is 16.1. The van der Waals surface area contributed by atoms with Crippen molar-refractivity contribution in [3.8, 4) is 0 Å². The summed E-state index contributed by atoms with van der Waals surface area (Å²) in [6.07, 6.45) is 0. The fraction of sp³-hybridized carbons (Fsp3) is 0.462. The van der Waals surface area contributed by atoms with Gasteiger partial charge in [-0.15, -0.1) is 0 Å². The van der Waals surface area contributed by atoms with Gasteiger partial charge in [-0.2, -0.15) is 11.8 Å². The first-order valence-corrected chi connectivity index (χ1v) is 9.62.